The Balaban J connectivity index is -0.000000782. The fraction of sp³-hybridized carbons (Fsp3) is 1.00. The molecule has 0 nitrogen and oxygen atoms in total. The predicted molar refractivity (Wildman–Crippen MR) is 301 cm³/mol. The van der Waals surface area contributed by atoms with Gasteiger partial charge in [-0.1, -0.05) is 268 Å². The predicted octanol–water partition coefficient (Wildman–Crippen LogP) is 24.5. The van der Waals surface area contributed by atoms with Gasteiger partial charge in [-0.05, 0) is 133 Å². The van der Waals surface area contributed by atoms with Crippen molar-refractivity contribution in [2.75, 3.05) is 0 Å². The van der Waals surface area contributed by atoms with Crippen molar-refractivity contribution in [3.8, 4) is 0 Å². The van der Waals surface area contributed by atoms with Crippen LogP contribution < -0.4 is 0 Å². The lowest BCUT2D eigenvalue weighted by atomic mass is 9.59. The van der Waals surface area contributed by atoms with E-state index >= 15 is 0 Å². The summed E-state index contributed by atoms with van der Waals surface area (Å²) in [5.41, 5.74) is 2.57. The van der Waals surface area contributed by atoms with Crippen LogP contribution in [0.3, 0.4) is 0 Å². The Hall–Kier alpha value is -0.210. The Morgan fingerprint density at radius 2 is 0.806 bits per heavy atom. The Bertz CT molecular complexity index is 1290. The van der Waals surface area contributed by atoms with Crippen molar-refractivity contribution in [3.05, 3.63) is 0 Å². The minimum atomic E-state index is -3.98. The van der Waals surface area contributed by atoms with E-state index in [1.54, 1.807) is 53.4 Å². The largest absolute Gasteiger partial charge is 0.389 e. The zero-order valence-electron chi connectivity index (χ0n) is 57.0. The van der Waals surface area contributed by atoms with E-state index in [1.807, 2.05) is 69.2 Å². The molecular formula is C64H131F3. The molecule has 0 heterocycles. The van der Waals surface area contributed by atoms with Gasteiger partial charge in [0.25, 0.3) is 0 Å². The highest BCUT2D eigenvalue weighted by Gasteiger charge is 2.40. The van der Waals surface area contributed by atoms with Crippen LogP contribution >= 0.6 is 0 Å². The zero-order valence-corrected chi connectivity index (χ0v) is 50.0. The van der Waals surface area contributed by atoms with Gasteiger partial charge in [0, 0.05) is 16.0 Å². The van der Waals surface area contributed by atoms with E-state index in [1.165, 1.54) is 109 Å². The number of halogens is 3. The molecule has 0 aromatic carbocycles. The fourth-order valence-electron chi connectivity index (χ4n) is 9.00. The summed E-state index contributed by atoms with van der Waals surface area (Å²) in [6, 6.07) is 0. The van der Waals surface area contributed by atoms with E-state index in [2.05, 4.69) is 55.4 Å². The fourth-order valence-corrected chi connectivity index (χ4v) is 9.00. The molecule has 0 saturated heterocycles. The maximum atomic E-state index is 11.5. The summed E-state index contributed by atoms with van der Waals surface area (Å²) < 4.78 is 85.1. The molecule has 6 saturated carbocycles. The molecule has 0 unspecified atom stereocenters. The highest BCUT2D eigenvalue weighted by molar-refractivity contribution is 4.92. The third-order valence-corrected chi connectivity index (χ3v) is 14.8. The van der Waals surface area contributed by atoms with Crippen LogP contribution in [0, 0.1) is 68.4 Å². The highest BCUT2D eigenvalue weighted by Crippen LogP contribution is 2.53. The summed E-state index contributed by atoms with van der Waals surface area (Å²) >= 11 is 0. The van der Waals surface area contributed by atoms with Crippen LogP contribution in [-0.2, 0) is 0 Å². The zero-order chi connectivity index (χ0) is 58.9. The lowest BCUT2D eigenvalue weighted by Gasteiger charge is -2.47. The van der Waals surface area contributed by atoms with Gasteiger partial charge in [0.2, 0.25) is 0 Å². The Morgan fingerprint density at radius 3 is 1.01 bits per heavy atom. The van der Waals surface area contributed by atoms with E-state index in [4.69, 9.17) is 9.60 Å². The van der Waals surface area contributed by atoms with Crippen LogP contribution in [0.25, 0.3) is 0 Å². The smallest absolute Gasteiger partial charge is 0.171 e. The molecule has 2 spiro atoms. The second kappa shape index (κ2) is 37.5. The molecule has 0 N–H and O–H groups in total. The second-order valence-electron chi connectivity index (χ2n) is 27.2. The van der Waals surface area contributed by atoms with Crippen LogP contribution in [0.15, 0.2) is 0 Å². The SMILES string of the molecule is CC(C)(C)C.CC1CCC2(CC1)CCC(C)(C)CC2.CC1CCC2(CCCC2)CC1.CC[C@H](C)CC(F)(F)F.[2H]C(C)(C)C.[2H]C([2H])(C)C(C)(C)C.[2H]C([2H])(C)C(C)C.[2H]C1(C)CCCC1.[2H]C1(C)CCCCC1. The lowest BCUT2D eigenvalue weighted by Crippen LogP contribution is -2.34. The summed E-state index contributed by atoms with van der Waals surface area (Å²) in [5.74, 6) is 1.56. The van der Waals surface area contributed by atoms with Gasteiger partial charge in [-0.15, -0.1) is 0 Å². The van der Waals surface area contributed by atoms with Crippen molar-refractivity contribution in [2.24, 2.45) is 68.4 Å². The maximum Gasteiger partial charge on any atom is 0.389 e. The van der Waals surface area contributed by atoms with Gasteiger partial charge in [0.15, 0.2) is 0 Å². The van der Waals surface area contributed by atoms with E-state index in [9.17, 15) is 13.2 Å². The third kappa shape index (κ3) is 49.2. The minimum absolute atomic E-state index is 0.0556. The molecule has 0 aromatic heterocycles. The van der Waals surface area contributed by atoms with E-state index in [0.29, 0.717) is 17.3 Å². The first kappa shape index (κ1) is 57.7. The van der Waals surface area contributed by atoms with Crippen molar-refractivity contribution < 1.29 is 22.8 Å². The van der Waals surface area contributed by atoms with Gasteiger partial charge in [-0.25, -0.2) is 0 Å². The van der Waals surface area contributed by atoms with Gasteiger partial charge in [0.1, 0.15) is 0 Å². The Kier molecular flexibility index (Phi) is 32.3. The van der Waals surface area contributed by atoms with Gasteiger partial charge < -0.3 is 0 Å². The quantitative estimate of drug-likeness (QED) is 0.264. The van der Waals surface area contributed by atoms with Crippen molar-refractivity contribution in [1.82, 2.24) is 0 Å². The maximum absolute atomic E-state index is 11.5. The van der Waals surface area contributed by atoms with Crippen molar-refractivity contribution >= 4 is 0 Å². The topological polar surface area (TPSA) is 0 Å². The monoisotopic (exact) mass is 964 g/mol. The second-order valence-corrected chi connectivity index (χ2v) is 27.2. The average molecular weight is 965 g/mol. The molecule has 1 atom stereocenters. The van der Waals surface area contributed by atoms with E-state index in [-0.39, 0.29) is 34.9 Å². The molecule has 6 fully saturated rings. The molecule has 408 valence electrons. The summed E-state index contributed by atoms with van der Waals surface area (Å²) in [6.45, 7) is 44.1. The van der Waals surface area contributed by atoms with Crippen molar-refractivity contribution in [1.29, 1.82) is 0 Å². The first-order chi connectivity index (χ1) is 32.9. The van der Waals surface area contributed by atoms with E-state index in [0.717, 1.165) is 48.3 Å². The van der Waals surface area contributed by atoms with Crippen LogP contribution in [0.5, 0.6) is 0 Å². The average Bonchev–Trinajstić information content (AvgIpc) is 3.84. The number of rotatable bonds is 3. The number of alkyl halides is 3. The molecular weight excluding hydrogens is 826 g/mol. The molecule has 0 amide bonds. The first-order valence-corrected chi connectivity index (χ1v) is 28.5. The number of hydrogen-bond acceptors (Lipinski definition) is 0. The Labute approximate surface area is 434 Å². The molecule has 6 aliphatic carbocycles. The third-order valence-electron chi connectivity index (χ3n) is 14.8. The first-order valence-electron chi connectivity index (χ1n) is 32.0. The summed E-state index contributed by atoms with van der Waals surface area (Å²) in [7, 11) is 0. The Morgan fingerprint density at radius 1 is 0.522 bits per heavy atom. The van der Waals surface area contributed by atoms with E-state index < -0.39 is 25.3 Å². The van der Waals surface area contributed by atoms with Gasteiger partial charge in [0.05, 0.1) is 0 Å². The molecule has 0 aliphatic heterocycles. The van der Waals surface area contributed by atoms with Crippen molar-refractivity contribution in [3.63, 3.8) is 0 Å². The summed E-state index contributed by atoms with van der Waals surface area (Å²) in [5, 5.41) is 0. The lowest BCUT2D eigenvalue weighted by molar-refractivity contribution is -0.143. The number of hydrogen-bond donors (Lipinski definition) is 0. The molecule has 0 radical (unpaired) electrons. The molecule has 67 heavy (non-hydrogen) atoms. The normalized spacial score (nSPS) is 25.1. The molecule has 6 aliphatic rings. The van der Waals surface area contributed by atoms with Gasteiger partial charge in [-0.3, -0.25) is 0 Å². The van der Waals surface area contributed by atoms with Crippen molar-refractivity contribution in [2.45, 2.75) is 345 Å². The summed E-state index contributed by atoms with van der Waals surface area (Å²) in [4.78, 5) is 0. The highest BCUT2D eigenvalue weighted by atomic mass is 19.4. The molecule has 3 heteroatoms. The van der Waals surface area contributed by atoms with Crippen LogP contribution in [-0.4, -0.2) is 6.18 Å². The van der Waals surface area contributed by atoms with Crippen LogP contribution in [0.4, 0.5) is 13.2 Å². The molecule has 0 aromatic rings. The van der Waals surface area contributed by atoms with Gasteiger partial charge in [-0.2, -0.15) is 13.2 Å². The van der Waals surface area contributed by atoms with Crippen LogP contribution in [0.1, 0.15) is 348 Å². The standard InChI is InChI=1S/C14H26.C11H20.C7H14.C6H11F3.C6H12.C6H14.2C5H12.C4H10/c1-12-4-6-14(7-5-12)10-8-13(2,3)9-11-14;1-10-4-8-11(9-5-10)6-2-3-7-11;1-7-5-3-2-4-6-7;1-3-5(2)4-6(7,8)9;1-6-4-2-3-5-6;1-5-6(2,3)4;1-5(2,3)4;1-4-5(2)3;1-4(2)3/h12H,4-11H2,1-3H3;10H,2-9H2,1H3;7H,2-6H2,1H3;5H,3-4H2,1-2H3;6H,2-5H2,1H3;5H2,1-4H3;1-4H3;5H,4H2,1-3H3;4H,1-3H3/t;;;5-;;;;;/m...0...../s1/i;;7D;;6D;5D2;;4D2;4D. The molecule has 6 rings (SSSR count). The van der Waals surface area contributed by atoms with Crippen LogP contribution in [0.2, 0.25) is 0 Å². The van der Waals surface area contributed by atoms with Gasteiger partial charge >= 0.3 is 6.18 Å². The summed E-state index contributed by atoms with van der Waals surface area (Å²) in [6.07, 6.45) is 29.2. The minimum Gasteiger partial charge on any atom is -0.171 e. The molecule has 0 bridgehead atoms.